The SMILES string of the molecule is O=C(c1cc(F)ccc1Cl)c1cnn2ccncc12. The van der Waals surface area contributed by atoms with Crippen molar-refractivity contribution >= 4 is 22.9 Å². The molecule has 0 saturated carbocycles. The van der Waals surface area contributed by atoms with Crippen molar-refractivity contribution in [2.24, 2.45) is 0 Å². The van der Waals surface area contributed by atoms with Crippen LogP contribution >= 0.6 is 11.6 Å². The molecule has 0 fully saturated rings. The standard InChI is InChI=1S/C13H7ClFN3O/c14-11-2-1-8(15)5-9(11)13(19)10-6-17-18-4-3-16-7-12(10)18/h1-7H. The second-order valence-electron chi connectivity index (χ2n) is 3.92. The zero-order valence-corrected chi connectivity index (χ0v) is 10.3. The molecule has 2 heterocycles. The normalized spacial score (nSPS) is 10.8. The Morgan fingerprint density at radius 3 is 2.95 bits per heavy atom. The van der Waals surface area contributed by atoms with Gasteiger partial charge in [-0.1, -0.05) is 11.6 Å². The number of carbonyl (C=O) groups is 1. The molecule has 0 aliphatic heterocycles. The minimum Gasteiger partial charge on any atom is -0.288 e. The summed E-state index contributed by atoms with van der Waals surface area (Å²) >= 11 is 5.93. The second kappa shape index (κ2) is 4.44. The lowest BCUT2D eigenvalue weighted by Gasteiger charge is -2.02. The van der Waals surface area contributed by atoms with Crippen LogP contribution in [0.1, 0.15) is 15.9 Å². The molecule has 2 aromatic heterocycles. The molecular formula is C13H7ClFN3O. The fourth-order valence-corrected chi connectivity index (χ4v) is 2.03. The number of aromatic nitrogens is 3. The molecule has 1 aromatic carbocycles. The summed E-state index contributed by atoms with van der Waals surface area (Å²) in [6.07, 6.45) is 6.12. The predicted octanol–water partition coefficient (Wildman–Crippen LogP) is 2.75. The number of halogens is 2. The molecule has 0 bridgehead atoms. The summed E-state index contributed by atoms with van der Waals surface area (Å²) in [5.74, 6) is -0.894. The van der Waals surface area contributed by atoms with Gasteiger partial charge in [-0.15, -0.1) is 0 Å². The van der Waals surface area contributed by atoms with Gasteiger partial charge in [0.2, 0.25) is 0 Å². The van der Waals surface area contributed by atoms with E-state index in [0.29, 0.717) is 11.1 Å². The van der Waals surface area contributed by atoms with Crippen LogP contribution in [0.15, 0.2) is 43.0 Å². The van der Waals surface area contributed by atoms with Gasteiger partial charge in [0.25, 0.3) is 0 Å². The zero-order chi connectivity index (χ0) is 13.4. The maximum atomic E-state index is 13.2. The quantitative estimate of drug-likeness (QED) is 0.676. The Bertz CT molecular complexity index is 784. The van der Waals surface area contributed by atoms with Gasteiger partial charge in [-0.3, -0.25) is 9.78 Å². The molecule has 0 saturated heterocycles. The van der Waals surface area contributed by atoms with E-state index in [1.807, 2.05) is 0 Å². The lowest BCUT2D eigenvalue weighted by Crippen LogP contribution is -2.02. The zero-order valence-electron chi connectivity index (χ0n) is 9.55. The van der Waals surface area contributed by atoms with Crippen molar-refractivity contribution in [3.05, 3.63) is 65.0 Å². The Balaban J connectivity index is 2.16. The number of nitrogens with zero attached hydrogens (tertiary/aromatic N) is 3. The maximum absolute atomic E-state index is 13.2. The van der Waals surface area contributed by atoms with Gasteiger partial charge in [0.05, 0.1) is 28.5 Å². The lowest BCUT2D eigenvalue weighted by molar-refractivity contribution is 0.104. The molecular weight excluding hydrogens is 269 g/mol. The van der Waals surface area contributed by atoms with Crippen LogP contribution in [0.5, 0.6) is 0 Å². The van der Waals surface area contributed by atoms with Crippen molar-refractivity contribution in [1.29, 1.82) is 0 Å². The summed E-state index contributed by atoms with van der Waals surface area (Å²) in [6.45, 7) is 0. The number of benzene rings is 1. The molecule has 0 atom stereocenters. The van der Waals surface area contributed by atoms with Crippen LogP contribution in [0.4, 0.5) is 4.39 Å². The van der Waals surface area contributed by atoms with Gasteiger partial charge in [0.1, 0.15) is 5.82 Å². The van der Waals surface area contributed by atoms with E-state index < -0.39 is 5.82 Å². The minimum atomic E-state index is -0.512. The van der Waals surface area contributed by atoms with Crippen molar-refractivity contribution in [2.75, 3.05) is 0 Å². The van der Waals surface area contributed by atoms with Crippen molar-refractivity contribution in [3.8, 4) is 0 Å². The molecule has 0 radical (unpaired) electrons. The minimum absolute atomic E-state index is 0.111. The van der Waals surface area contributed by atoms with Crippen LogP contribution in [-0.2, 0) is 0 Å². The summed E-state index contributed by atoms with van der Waals surface area (Å²) in [5, 5.41) is 4.24. The molecule has 0 amide bonds. The fourth-order valence-electron chi connectivity index (χ4n) is 1.83. The summed E-state index contributed by atoms with van der Waals surface area (Å²) in [4.78, 5) is 16.3. The van der Waals surface area contributed by atoms with Crippen LogP contribution in [0.3, 0.4) is 0 Å². The summed E-state index contributed by atoms with van der Waals surface area (Å²) in [5.41, 5.74) is 0.994. The molecule has 0 aliphatic rings. The molecule has 0 spiro atoms. The van der Waals surface area contributed by atoms with E-state index in [1.165, 1.54) is 29.0 Å². The molecule has 4 nitrogen and oxygen atoms in total. The smallest absolute Gasteiger partial charge is 0.198 e. The first-order valence-electron chi connectivity index (χ1n) is 5.44. The maximum Gasteiger partial charge on any atom is 0.198 e. The monoisotopic (exact) mass is 275 g/mol. The number of carbonyl (C=O) groups excluding carboxylic acids is 1. The largest absolute Gasteiger partial charge is 0.288 e. The molecule has 3 aromatic rings. The van der Waals surface area contributed by atoms with Gasteiger partial charge in [0, 0.05) is 18.0 Å². The van der Waals surface area contributed by atoms with Crippen molar-refractivity contribution in [2.45, 2.75) is 0 Å². The van der Waals surface area contributed by atoms with Gasteiger partial charge in [-0.05, 0) is 18.2 Å². The highest BCUT2D eigenvalue weighted by Gasteiger charge is 2.18. The first-order valence-corrected chi connectivity index (χ1v) is 5.82. The number of ketones is 1. The first-order chi connectivity index (χ1) is 9.16. The van der Waals surface area contributed by atoms with E-state index in [2.05, 4.69) is 10.1 Å². The molecule has 94 valence electrons. The van der Waals surface area contributed by atoms with Gasteiger partial charge >= 0.3 is 0 Å². The van der Waals surface area contributed by atoms with E-state index in [9.17, 15) is 9.18 Å². The average Bonchev–Trinajstić information content (AvgIpc) is 2.84. The Hall–Kier alpha value is -2.27. The number of hydrogen-bond acceptors (Lipinski definition) is 3. The average molecular weight is 276 g/mol. The molecule has 0 N–H and O–H groups in total. The fraction of sp³-hybridized carbons (Fsp3) is 0. The molecule has 0 aliphatic carbocycles. The van der Waals surface area contributed by atoms with Crippen LogP contribution < -0.4 is 0 Å². The van der Waals surface area contributed by atoms with Gasteiger partial charge in [0.15, 0.2) is 5.78 Å². The Kier molecular flexibility index (Phi) is 2.76. The molecule has 6 heteroatoms. The van der Waals surface area contributed by atoms with Crippen LogP contribution in [-0.4, -0.2) is 20.4 Å². The van der Waals surface area contributed by atoms with E-state index in [0.717, 1.165) is 6.07 Å². The van der Waals surface area contributed by atoms with Crippen LogP contribution in [0.25, 0.3) is 5.52 Å². The topological polar surface area (TPSA) is 47.3 Å². The Morgan fingerprint density at radius 2 is 2.11 bits per heavy atom. The number of rotatable bonds is 2. The summed E-state index contributed by atoms with van der Waals surface area (Å²) in [7, 11) is 0. The van der Waals surface area contributed by atoms with Crippen molar-refractivity contribution < 1.29 is 9.18 Å². The van der Waals surface area contributed by atoms with E-state index in [-0.39, 0.29) is 16.4 Å². The summed E-state index contributed by atoms with van der Waals surface area (Å²) in [6, 6.07) is 3.68. The van der Waals surface area contributed by atoms with E-state index >= 15 is 0 Å². The van der Waals surface area contributed by atoms with E-state index in [4.69, 9.17) is 11.6 Å². The number of hydrogen-bond donors (Lipinski definition) is 0. The van der Waals surface area contributed by atoms with Crippen LogP contribution in [0.2, 0.25) is 5.02 Å². The van der Waals surface area contributed by atoms with Gasteiger partial charge < -0.3 is 0 Å². The molecule has 19 heavy (non-hydrogen) atoms. The highest BCUT2D eigenvalue weighted by atomic mass is 35.5. The first kappa shape index (κ1) is 11.8. The highest BCUT2D eigenvalue weighted by Crippen LogP contribution is 2.22. The third-order valence-electron chi connectivity index (χ3n) is 2.74. The lowest BCUT2D eigenvalue weighted by atomic mass is 10.1. The second-order valence-corrected chi connectivity index (χ2v) is 4.32. The van der Waals surface area contributed by atoms with Gasteiger partial charge in [-0.2, -0.15) is 5.10 Å². The number of fused-ring (bicyclic) bond motifs is 1. The van der Waals surface area contributed by atoms with Crippen molar-refractivity contribution in [3.63, 3.8) is 0 Å². The Morgan fingerprint density at radius 1 is 1.26 bits per heavy atom. The van der Waals surface area contributed by atoms with E-state index in [1.54, 1.807) is 12.4 Å². The van der Waals surface area contributed by atoms with Crippen molar-refractivity contribution in [1.82, 2.24) is 14.6 Å². The van der Waals surface area contributed by atoms with Gasteiger partial charge in [-0.25, -0.2) is 8.91 Å². The third kappa shape index (κ3) is 1.98. The third-order valence-corrected chi connectivity index (χ3v) is 3.07. The summed E-state index contributed by atoms with van der Waals surface area (Å²) < 4.78 is 14.7. The molecule has 0 unspecified atom stereocenters. The molecule has 3 rings (SSSR count). The van der Waals surface area contributed by atoms with Crippen LogP contribution in [0, 0.1) is 5.82 Å². The predicted molar refractivity (Wildman–Crippen MR) is 67.8 cm³/mol. The Labute approximate surface area is 112 Å². The highest BCUT2D eigenvalue weighted by molar-refractivity contribution is 6.35.